The van der Waals surface area contributed by atoms with E-state index in [0.717, 1.165) is 62.7 Å². The van der Waals surface area contributed by atoms with Crippen LogP contribution in [0.15, 0.2) is 12.1 Å². The molecule has 0 bridgehead atoms. The highest BCUT2D eigenvalue weighted by molar-refractivity contribution is 5.47. The lowest BCUT2D eigenvalue weighted by atomic mass is 9.94. The lowest BCUT2D eigenvalue weighted by Crippen LogP contribution is -2.46. The normalized spacial score (nSPS) is 28.0. The molecule has 1 N–H and O–H groups in total. The highest BCUT2D eigenvalue weighted by Crippen LogP contribution is 2.29. The van der Waals surface area contributed by atoms with Gasteiger partial charge < -0.3 is 19.6 Å². The van der Waals surface area contributed by atoms with E-state index in [1.807, 2.05) is 16.6 Å². The lowest BCUT2D eigenvalue weighted by molar-refractivity contribution is -0.00986. The standard InChI is InChI=1S/C18H26N6O2/c25-18(6-11-26-13-18)12-22-9-4-14(5-10-22)17-20-19-15-2-3-16(21-24(15)17)23-7-1-8-23/h2-3,14,25H,1,4-13H2. The van der Waals surface area contributed by atoms with Gasteiger partial charge in [0, 0.05) is 38.6 Å². The van der Waals surface area contributed by atoms with E-state index >= 15 is 0 Å². The second-order valence-electron chi connectivity index (χ2n) is 7.94. The molecule has 1 unspecified atom stereocenters. The molecule has 1 atom stereocenters. The summed E-state index contributed by atoms with van der Waals surface area (Å²) in [5.74, 6) is 2.37. The highest BCUT2D eigenvalue weighted by atomic mass is 16.5. The van der Waals surface area contributed by atoms with Crippen LogP contribution < -0.4 is 4.90 Å². The van der Waals surface area contributed by atoms with E-state index in [1.165, 1.54) is 6.42 Å². The van der Waals surface area contributed by atoms with Crippen molar-refractivity contribution in [2.75, 3.05) is 50.8 Å². The summed E-state index contributed by atoms with van der Waals surface area (Å²) in [5, 5.41) is 24.1. The molecule has 5 heterocycles. The van der Waals surface area contributed by atoms with Crippen LogP contribution in [-0.4, -0.2) is 81.4 Å². The molecule has 8 nitrogen and oxygen atoms in total. The van der Waals surface area contributed by atoms with Gasteiger partial charge in [-0.2, -0.15) is 4.52 Å². The average molecular weight is 358 g/mol. The Bertz CT molecular complexity index is 775. The summed E-state index contributed by atoms with van der Waals surface area (Å²) >= 11 is 0. The molecule has 3 saturated heterocycles. The fourth-order valence-corrected chi connectivity index (χ4v) is 4.25. The number of fused-ring (bicyclic) bond motifs is 1. The first-order chi connectivity index (χ1) is 12.7. The van der Waals surface area contributed by atoms with Gasteiger partial charge in [-0.3, -0.25) is 0 Å². The van der Waals surface area contributed by atoms with Gasteiger partial charge in [0.1, 0.15) is 11.4 Å². The third-order valence-corrected chi connectivity index (χ3v) is 6.01. The quantitative estimate of drug-likeness (QED) is 0.860. The minimum atomic E-state index is -0.665. The summed E-state index contributed by atoms with van der Waals surface area (Å²) in [6.07, 6.45) is 4.02. The van der Waals surface area contributed by atoms with E-state index in [2.05, 4.69) is 20.0 Å². The zero-order chi connectivity index (χ0) is 17.6. The fraction of sp³-hybridized carbons (Fsp3) is 0.722. The van der Waals surface area contributed by atoms with Gasteiger partial charge in [-0.05, 0) is 44.5 Å². The van der Waals surface area contributed by atoms with Crippen molar-refractivity contribution in [3.63, 3.8) is 0 Å². The predicted molar refractivity (Wildman–Crippen MR) is 96.4 cm³/mol. The van der Waals surface area contributed by atoms with Crippen molar-refractivity contribution in [3.8, 4) is 0 Å². The predicted octanol–water partition coefficient (Wildman–Crippen LogP) is 0.665. The molecule has 26 heavy (non-hydrogen) atoms. The molecular weight excluding hydrogens is 332 g/mol. The first-order valence-corrected chi connectivity index (χ1v) is 9.70. The van der Waals surface area contributed by atoms with Gasteiger partial charge in [-0.25, -0.2) is 0 Å². The van der Waals surface area contributed by atoms with Crippen LogP contribution in [0.1, 0.15) is 37.4 Å². The van der Waals surface area contributed by atoms with Gasteiger partial charge in [0.05, 0.1) is 6.61 Å². The van der Waals surface area contributed by atoms with Crippen LogP contribution in [0, 0.1) is 0 Å². The van der Waals surface area contributed by atoms with Crippen molar-refractivity contribution in [1.29, 1.82) is 0 Å². The molecular formula is C18H26N6O2. The Kier molecular flexibility index (Phi) is 4.06. The van der Waals surface area contributed by atoms with Crippen LogP contribution in [0.5, 0.6) is 0 Å². The molecule has 0 saturated carbocycles. The number of aromatic nitrogens is 4. The first-order valence-electron chi connectivity index (χ1n) is 9.70. The number of rotatable bonds is 4. The Morgan fingerprint density at radius 2 is 2.00 bits per heavy atom. The van der Waals surface area contributed by atoms with Crippen molar-refractivity contribution in [2.24, 2.45) is 0 Å². The van der Waals surface area contributed by atoms with Gasteiger partial charge in [0.2, 0.25) is 0 Å². The van der Waals surface area contributed by atoms with Crippen molar-refractivity contribution in [3.05, 3.63) is 18.0 Å². The zero-order valence-corrected chi connectivity index (χ0v) is 15.0. The number of ether oxygens (including phenoxy) is 1. The Morgan fingerprint density at radius 1 is 1.15 bits per heavy atom. The smallest absolute Gasteiger partial charge is 0.178 e. The van der Waals surface area contributed by atoms with E-state index in [1.54, 1.807) is 0 Å². The number of hydrogen-bond donors (Lipinski definition) is 1. The Morgan fingerprint density at radius 3 is 2.69 bits per heavy atom. The number of anilines is 1. The Balaban J connectivity index is 1.28. The topological polar surface area (TPSA) is 79.0 Å². The zero-order valence-electron chi connectivity index (χ0n) is 15.0. The lowest BCUT2D eigenvalue weighted by Gasteiger charge is -2.35. The molecule has 3 fully saturated rings. The molecule has 0 amide bonds. The summed E-state index contributed by atoms with van der Waals surface area (Å²) in [4.78, 5) is 4.64. The summed E-state index contributed by atoms with van der Waals surface area (Å²) in [6, 6.07) is 4.06. The molecule has 0 aliphatic carbocycles. The largest absolute Gasteiger partial charge is 0.386 e. The number of piperidine rings is 1. The molecule has 5 rings (SSSR count). The SMILES string of the molecule is OC1(CN2CCC(c3nnc4ccc(N5CCC5)nn34)CC2)CCOC1. The van der Waals surface area contributed by atoms with Crippen LogP contribution in [0.2, 0.25) is 0 Å². The summed E-state index contributed by atoms with van der Waals surface area (Å²) < 4.78 is 7.30. The first kappa shape index (κ1) is 16.4. The van der Waals surface area contributed by atoms with Crippen LogP contribution in [0.25, 0.3) is 5.65 Å². The molecule has 2 aromatic rings. The number of aliphatic hydroxyl groups is 1. The maximum Gasteiger partial charge on any atom is 0.178 e. The van der Waals surface area contributed by atoms with E-state index < -0.39 is 5.60 Å². The van der Waals surface area contributed by atoms with E-state index in [-0.39, 0.29) is 0 Å². The van der Waals surface area contributed by atoms with E-state index in [9.17, 15) is 5.11 Å². The Labute approximate surface area is 152 Å². The van der Waals surface area contributed by atoms with Crippen LogP contribution in [-0.2, 0) is 4.74 Å². The second-order valence-corrected chi connectivity index (χ2v) is 7.94. The highest BCUT2D eigenvalue weighted by Gasteiger charge is 2.36. The number of hydrogen-bond acceptors (Lipinski definition) is 7. The summed E-state index contributed by atoms with van der Waals surface area (Å²) in [7, 11) is 0. The fourth-order valence-electron chi connectivity index (χ4n) is 4.25. The maximum absolute atomic E-state index is 10.5. The minimum Gasteiger partial charge on any atom is -0.386 e. The van der Waals surface area contributed by atoms with Gasteiger partial charge >= 0.3 is 0 Å². The Hall–Kier alpha value is -1.77. The van der Waals surface area contributed by atoms with Gasteiger partial charge in [-0.15, -0.1) is 15.3 Å². The van der Waals surface area contributed by atoms with E-state index in [0.29, 0.717) is 25.7 Å². The van der Waals surface area contributed by atoms with E-state index in [4.69, 9.17) is 9.84 Å². The minimum absolute atomic E-state index is 0.370. The van der Waals surface area contributed by atoms with Crippen molar-refractivity contribution >= 4 is 11.5 Å². The van der Waals surface area contributed by atoms with Gasteiger partial charge in [0.15, 0.2) is 11.5 Å². The van der Waals surface area contributed by atoms with Crippen molar-refractivity contribution < 1.29 is 9.84 Å². The molecule has 8 heteroatoms. The van der Waals surface area contributed by atoms with Crippen LogP contribution >= 0.6 is 0 Å². The monoisotopic (exact) mass is 358 g/mol. The third kappa shape index (κ3) is 2.95. The molecule has 0 aromatic carbocycles. The number of likely N-dealkylation sites (tertiary alicyclic amines) is 1. The average Bonchev–Trinajstić information content (AvgIpc) is 3.20. The third-order valence-electron chi connectivity index (χ3n) is 6.01. The van der Waals surface area contributed by atoms with Crippen LogP contribution in [0.3, 0.4) is 0 Å². The number of β-amino-alcohol motifs (C(OH)–C–C–N with tert-alkyl or cyclic N) is 1. The molecule has 0 radical (unpaired) electrons. The van der Waals surface area contributed by atoms with Gasteiger partial charge in [0.25, 0.3) is 0 Å². The summed E-state index contributed by atoms with van der Waals surface area (Å²) in [6.45, 7) is 5.94. The molecule has 3 aliphatic heterocycles. The van der Waals surface area contributed by atoms with Crippen molar-refractivity contribution in [2.45, 2.75) is 37.2 Å². The maximum atomic E-state index is 10.5. The van der Waals surface area contributed by atoms with Gasteiger partial charge in [-0.1, -0.05) is 0 Å². The molecule has 2 aromatic heterocycles. The summed E-state index contributed by atoms with van der Waals surface area (Å²) in [5.41, 5.74) is 0.159. The van der Waals surface area contributed by atoms with Crippen LogP contribution in [0.4, 0.5) is 5.82 Å². The number of nitrogens with zero attached hydrogens (tertiary/aromatic N) is 6. The molecule has 140 valence electrons. The molecule has 3 aliphatic rings. The molecule has 0 spiro atoms. The second kappa shape index (κ2) is 6.44. The van der Waals surface area contributed by atoms with Crippen molar-refractivity contribution in [1.82, 2.24) is 24.7 Å².